The van der Waals surface area contributed by atoms with E-state index in [-0.39, 0.29) is 0 Å². The Morgan fingerprint density at radius 3 is 2.87 bits per heavy atom. The zero-order valence-electron chi connectivity index (χ0n) is 12.3. The third kappa shape index (κ3) is 2.36. The first-order valence-corrected chi connectivity index (χ1v) is 9.09. The summed E-state index contributed by atoms with van der Waals surface area (Å²) in [5, 5.41) is 3.27. The Hall–Kier alpha value is -2.12. The minimum Gasteiger partial charge on any atom is -0.397 e. The summed E-state index contributed by atoms with van der Waals surface area (Å²) in [5.74, 6) is 0. The van der Waals surface area contributed by atoms with Crippen molar-refractivity contribution < 1.29 is 9.53 Å². The predicted octanol–water partition coefficient (Wildman–Crippen LogP) is 3.94. The number of aromatic nitrogens is 1. The van der Waals surface area contributed by atoms with E-state index < -0.39 is 6.09 Å². The van der Waals surface area contributed by atoms with E-state index in [4.69, 9.17) is 21.2 Å². The van der Waals surface area contributed by atoms with E-state index in [0.717, 1.165) is 47.2 Å². The molecule has 0 radical (unpaired) electrons. The predicted molar refractivity (Wildman–Crippen MR) is 94.2 cm³/mol. The number of fused-ring (bicyclic) bond motifs is 2. The molecule has 23 heavy (non-hydrogen) atoms. The lowest BCUT2D eigenvalue weighted by molar-refractivity contribution is 0.212. The number of nitrogens with zero attached hydrogens (tertiary/aromatic N) is 1. The van der Waals surface area contributed by atoms with E-state index in [1.54, 1.807) is 11.3 Å². The fourth-order valence-corrected chi connectivity index (χ4v) is 4.93. The minimum atomic E-state index is -0.856. The molecule has 0 saturated carbocycles. The van der Waals surface area contributed by atoms with Crippen LogP contribution >= 0.6 is 22.7 Å². The van der Waals surface area contributed by atoms with Crippen molar-refractivity contribution in [2.75, 3.05) is 5.73 Å². The summed E-state index contributed by atoms with van der Waals surface area (Å²) in [5.41, 5.74) is 15.4. The summed E-state index contributed by atoms with van der Waals surface area (Å²) in [7, 11) is 0. The Kier molecular flexibility index (Phi) is 3.46. The molecule has 0 atom stereocenters. The van der Waals surface area contributed by atoms with Gasteiger partial charge >= 0.3 is 6.09 Å². The van der Waals surface area contributed by atoms with E-state index in [0.29, 0.717) is 10.8 Å². The van der Waals surface area contributed by atoms with Gasteiger partial charge in [-0.3, -0.25) is 0 Å². The molecule has 3 aromatic rings. The quantitative estimate of drug-likeness (QED) is 0.736. The molecule has 0 unspecified atom stereocenters. The van der Waals surface area contributed by atoms with Crippen LogP contribution in [0.15, 0.2) is 17.5 Å². The Balaban J connectivity index is 2.05. The van der Waals surface area contributed by atoms with Crippen LogP contribution in [0.1, 0.15) is 24.1 Å². The zero-order valence-corrected chi connectivity index (χ0v) is 13.9. The van der Waals surface area contributed by atoms with Gasteiger partial charge in [-0.25, -0.2) is 9.78 Å². The number of hydrogen-bond acceptors (Lipinski definition) is 6. The molecule has 3 aromatic heterocycles. The summed E-state index contributed by atoms with van der Waals surface area (Å²) in [6.07, 6.45) is 3.44. The molecule has 0 aliphatic heterocycles. The van der Waals surface area contributed by atoms with Gasteiger partial charge in [-0.1, -0.05) is 17.4 Å². The highest BCUT2D eigenvalue weighted by Crippen LogP contribution is 2.47. The van der Waals surface area contributed by atoms with Crippen molar-refractivity contribution in [2.24, 2.45) is 5.73 Å². The SMILES string of the molecule is NC(=O)Oc1sc2nc3c(c(-c4cccs4)c2c1N)CCCC3. The van der Waals surface area contributed by atoms with Crippen LogP contribution in [0.25, 0.3) is 20.7 Å². The van der Waals surface area contributed by atoms with E-state index in [2.05, 4.69) is 11.4 Å². The number of anilines is 1. The summed E-state index contributed by atoms with van der Waals surface area (Å²) < 4.78 is 5.06. The van der Waals surface area contributed by atoms with Gasteiger partial charge in [0.15, 0.2) is 0 Å². The summed E-state index contributed by atoms with van der Waals surface area (Å²) in [6, 6.07) is 4.13. The standard InChI is InChI=1S/C16H15N3O2S2/c17-13-12-11(10-6-3-7-22-10)8-4-1-2-5-9(8)19-14(12)23-15(13)21-16(18)20/h3,6-7H,1-2,4-5,17H2,(H2,18,20). The van der Waals surface area contributed by atoms with Crippen LogP contribution < -0.4 is 16.2 Å². The van der Waals surface area contributed by atoms with Crippen LogP contribution in [0.2, 0.25) is 0 Å². The largest absolute Gasteiger partial charge is 0.410 e. The van der Waals surface area contributed by atoms with Crippen molar-refractivity contribution >= 4 is 44.7 Å². The second kappa shape index (κ2) is 5.50. The first-order chi connectivity index (χ1) is 11.1. The molecule has 4 rings (SSSR count). The van der Waals surface area contributed by atoms with Gasteiger partial charge in [-0.15, -0.1) is 11.3 Å². The van der Waals surface area contributed by atoms with Gasteiger partial charge in [-0.2, -0.15) is 0 Å². The van der Waals surface area contributed by atoms with Gasteiger partial charge < -0.3 is 16.2 Å². The number of amides is 1. The molecule has 3 heterocycles. The topological polar surface area (TPSA) is 91.2 Å². The number of aryl methyl sites for hydroxylation is 1. The number of thiophene rings is 2. The normalized spacial score (nSPS) is 13.9. The van der Waals surface area contributed by atoms with Crippen LogP contribution in [-0.2, 0) is 12.8 Å². The molecule has 0 saturated heterocycles. The smallest absolute Gasteiger partial charge is 0.397 e. The fourth-order valence-electron chi connectivity index (χ4n) is 3.15. The maximum Gasteiger partial charge on any atom is 0.410 e. The number of carbonyl (C=O) groups excluding carboxylic acids is 1. The molecular weight excluding hydrogens is 330 g/mol. The average molecular weight is 345 g/mol. The lowest BCUT2D eigenvalue weighted by Crippen LogP contribution is -2.16. The fraction of sp³-hybridized carbons (Fsp3) is 0.250. The molecule has 0 spiro atoms. The maximum atomic E-state index is 11.1. The number of rotatable bonds is 2. The molecular formula is C16H15N3O2S2. The first-order valence-electron chi connectivity index (χ1n) is 7.40. The van der Waals surface area contributed by atoms with Gasteiger partial charge in [-0.05, 0) is 42.7 Å². The molecule has 0 fully saturated rings. The second-order valence-electron chi connectivity index (χ2n) is 5.50. The van der Waals surface area contributed by atoms with Gasteiger partial charge in [0.05, 0.1) is 5.69 Å². The number of nitrogens with two attached hydrogens (primary N) is 2. The first kappa shape index (κ1) is 14.5. The van der Waals surface area contributed by atoms with Crippen LogP contribution in [0, 0.1) is 0 Å². The van der Waals surface area contributed by atoms with Gasteiger partial charge in [0.1, 0.15) is 4.83 Å². The lowest BCUT2D eigenvalue weighted by atomic mass is 9.90. The van der Waals surface area contributed by atoms with Crippen LogP contribution in [0.3, 0.4) is 0 Å². The molecule has 4 N–H and O–H groups in total. The van der Waals surface area contributed by atoms with Gasteiger partial charge in [0.25, 0.3) is 0 Å². The van der Waals surface area contributed by atoms with Crippen molar-refractivity contribution in [1.29, 1.82) is 0 Å². The van der Waals surface area contributed by atoms with Crippen molar-refractivity contribution in [3.05, 3.63) is 28.8 Å². The van der Waals surface area contributed by atoms with Crippen LogP contribution in [-0.4, -0.2) is 11.1 Å². The van der Waals surface area contributed by atoms with E-state index in [9.17, 15) is 4.79 Å². The average Bonchev–Trinajstić information content (AvgIpc) is 3.14. The number of pyridine rings is 1. The summed E-state index contributed by atoms with van der Waals surface area (Å²) >= 11 is 2.97. The number of ether oxygens (including phenoxy) is 1. The maximum absolute atomic E-state index is 11.1. The van der Waals surface area contributed by atoms with E-state index >= 15 is 0 Å². The van der Waals surface area contributed by atoms with E-state index in [1.165, 1.54) is 21.8 Å². The van der Waals surface area contributed by atoms with Crippen molar-refractivity contribution in [2.45, 2.75) is 25.7 Å². The number of nitrogen functional groups attached to an aromatic ring is 1. The van der Waals surface area contributed by atoms with Gasteiger partial charge in [0, 0.05) is 21.5 Å². The molecule has 0 aromatic carbocycles. The highest BCUT2D eigenvalue weighted by Gasteiger charge is 2.25. The highest BCUT2D eigenvalue weighted by molar-refractivity contribution is 7.21. The molecule has 0 bridgehead atoms. The summed E-state index contributed by atoms with van der Waals surface area (Å²) in [4.78, 5) is 17.9. The molecule has 1 aliphatic carbocycles. The third-order valence-electron chi connectivity index (χ3n) is 4.08. The van der Waals surface area contributed by atoms with Crippen molar-refractivity contribution in [3.8, 4) is 15.5 Å². The lowest BCUT2D eigenvalue weighted by Gasteiger charge is -2.19. The van der Waals surface area contributed by atoms with Crippen molar-refractivity contribution in [1.82, 2.24) is 4.98 Å². The monoisotopic (exact) mass is 345 g/mol. The Labute approximate surface area is 140 Å². The highest BCUT2D eigenvalue weighted by atomic mass is 32.1. The van der Waals surface area contributed by atoms with Crippen LogP contribution in [0.5, 0.6) is 5.06 Å². The van der Waals surface area contributed by atoms with Crippen molar-refractivity contribution in [3.63, 3.8) is 0 Å². The van der Waals surface area contributed by atoms with Crippen LogP contribution in [0.4, 0.5) is 10.5 Å². The molecule has 7 heteroatoms. The minimum absolute atomic E-state index is 0.333. The third-order valence-corrected chi connectivity index (χ3v) is 5.95. The Morgan fingerprint density at radius 1 is 1.30 bits per heavy atom. The van der Waals surface area contributed by atoms with E-state index in [1.807, 2.05) is 6.07 Å². The molecule has 1 amide bonds. The number of hydrogen-bond donors (Lipinski definition) is 2. The number of primary amides is 1. The Morgan fingerprint density at radius 2 is 2.13 bits per heavy atom. The molecule has 5 nitrogen and oxygen atoms in total. The second-order valence-corrected chi connectivity index (χ2v) is 7.41. The van der Waals surface area contributed by atoms with Gasteiger partial charge in [0.2, 0.25) is 5.06 Å². The zero-order chi connectivity index (χ0) is 16.0. The molecule has 1 aliphatic rings. The molecule has 118 valence electrons. The number of carbonyl (C=O) groups is 1. The summed E-state index contributed by atoms with van der Waals surface area (Å²) in [6.45, 7) is 0. The Bertz CT molecular complexity index is 900.